The number of nitrogens with two attached hydrogens (primary N) is 1. The summed E-state index contributed by atoms with van der Waals surface area (Å²) >= 11 is 1.03. The van der Waals surface area contributed by atoms with Gasteiger partial charge in [-0.15, -0.1) is 0 Å². The fourth-order valence-corrected chi connectivity index (χ4v) is 3.54. The Balaban J connectivity index is 3.23. The van der Waals surface area contributed by atoms with Gasteiger partial charge in [0, 0.05) is 13.6 Å². The van der Waals surface area contributed by atoms with Crippen molar-refractivity contribution in [2.24, 2.45) is 0 Å². The number of aromatic nitrogens is 1. The normalized spacial score (nSPS) is 11.7. The molecule has 0 aliphatic carbocycles. The highest BCUT2D eigenvalue weighted by Gasteiger charge is 2.25. The molecule has 0 saturated carbocycles. The Morgan fingerprint density at radius 1 is 1.56 bits per heavy atom. The quantitative estimate of drug-likeness (QED) is 0.774. The minimum atomic E-state index is -3.38. The number of nitrogen functional groups attached to an aromatic ring is 1. The number of sulfone groups is 1. The molecule has 0 bridgehead atoms. The van der Waals surface area contributed by atoms with Crippen LogP contribution in [-0.4, -0.2) is 43.9 Å². The number of hydrogen-bond donors (Lipinski definition) is 2. The molecule has 1 aromatic heterocycles. The molecule has 0 spiro atoms. The van der Waals surface area contributed by atoms with Crippen molar-refractivity contribution in [2.45, 2.75) is 11.8 Å². The van der Waals surface area contributed by atoms with E-state index in [0.29, 0.717) is 11.5 Å². The Morgan fingerprint density at radius 2 is 2.19 bits per heavy atom. The number of anilines is 2. The summed E-state index contributed by atoms with van der Waals surface area (Å²) < 4.78 is 27.5. The van der Waals surface area contributed by atoms with Gasteiger partial charge in [-0.25, -0.2) is 8.42 Å². The van der Waals surface area contributed by atoms with Crippen molar-refractivity contribution >= 4 is 32.2 Å². The van der Waals surface area contributed by atoms with Crippen molar-refractivity contribution in [3.8, 4) is 0 Å². The van der Waals surface area contributed by atoms with E-state index in [9.17, 15) is 8.42 Å². The highest BCUT2D eigenvalue weighted by Crippen LogP contribution is 2.34. The van der Waals surface area contributed by atoms with Crippen LogP contribution in [0.25, 0.3) is 0 Å². The van der Waals surface area contributed by atoms with E-state index in [1.165, 1.54) is 0 Å². The van der Waals surface area contributed by atoms with E-state index in [0.717, 1.165) is 11.5 Å². The summed E-state index contributed by atoms with van der Waals surface area (Å²) in [5.74, 6) is 0.0157. The summed E-state index contributed by atoms with van der Waals surface area (Å²) in [5.41, 5.74) is 5.57. The summed E-state index contributed by atoms with van der Waals surface area (Å²) in [5, 5.41) is 9.30. The third kappa shape index (κ3) is 2.45. The minimum Gasteiger partial charge on any atom is -0.395 e. The lowest BCUT2D eigenvalue weighted by Gasteiger charge is -2.16. The Morgan fingerprint density at radius 3 is 2.69 bits per heavy atom. The number of aliphatic hydroxyl groups excluding tert-OH is 1. The summed E-state index contributed by atoms with van der Waals surface area (Å²) in [6.07, 6.45) is 0. The zero-order valence-electron chi connectivity index (χ0n) is 9.17. The zero-order chi connectivity index (χ0) is 12.3. The molecule has 1 rings (SSSR count). The van der Waals surface area contributed by atoms with Crippen LogP contribution in [0.4, 0.5) is 10.8 Å². The summed E-state index contributed by atoms with van der Waals surface area (Å²) in [4.78, 5) is 1.72. The van der Waals surface area contributed by atoms with Gasteiger partial charge < -0.3 is 15.7 Å². The second kappa shape index (κ2) is 4.98. The molecule has 0 amide bonds. The first-order chi connectivity index (χ1) is 7.44. The first-order valence-electron chi connectivity index (χ1n) is 4.74. The SMILES string of the molecule is CCS(=O)(=O)c1c(N)nsc1N(C)CCO. The number of aliphatic hydroxyl groups is 1. The molecule has 3 N–H and O–H groups in total. The number of hydrogen-bond acceptors (Lipinski definition) is 7. The van der Waals surface area contributed by atoms with Crippen molar-refractivity contribution < 1.29 is 13.5 Å². The Kier molecular flexibility index (Phi) is 4.11. The molecule has 92 valence electrons. The Labute approximate surface area is 98.8 Å². The van der Waals surface area contributed by atoms with E-state index in [4.69, 9.17) is 10.8 Å². The number of likely N-dealkylation sites (N-methyl/N-ethyl adjacent to an activating group) is 1. The van der Waals surface area contributed by atoms with E-state index < -0.39 is 9.84 Å². The number of rotatable bonds is 5. The molecule has 0 radical (unpaired) electrons. The van der Waals surface area contributed by atoms with Gasteiger partial charge in [-0.05, 0) is 11.5 Å². The molecule has 8 heteroatoms. The lowest BCUT2D eigenvalue weighted by Crippen LogP contribution is -2.22. The van der Waals surface area contributed by atoms with Crippen LogP contribution in [0.2, 0.25) is 0 Å². The van der Waals surface area contributed by atoms with Gasteiger partial charge in [-0.2, -0.15) is 4.37 Å². The van der Waals surface area contributed by atoms with Gasteiger partial charge in [-0.3, -0.25) is 0 Å². The van der Waals surface area contributed by atoms with E-state index >= 15 is 0 Å². The van der Waals surface area contributed by atoms with Gasteiger partial charge in [-0.1, -0.05) is 6.92 Å². The Bertz CT molecular complexity index is 455. The van der Waals surface area contributed by atoms with Crippen LogP contribution < -0.4 is 10.6 Å². The summed E-state index contributed by atoms with van der Waals surface area (Å²) in [6, 6.07) is 0. The Hall–Kier alpha value is -0.860. The fraction of sp³-hybridized carbons (Fsp3) is 0.625. The molecular formula is C8H15N3O3S2. The van der Waals surface area contributed by atoms with Crippen LogP contribution in [0, 0.1) is 0 Å². The molecule has 0 aromatic carbocycles. The monoisotopic (exact) mass is 265 g/mol. The fourth-order valence-electron chi connectivity index (χ4n) is 1.22. The largest absolute Gasteiger partial charge is 0.395 e. The molecule has 0 fully saturated rings. The van der Waals surface area contributed by atoms with Gasteiger partial charge in [0.15, 0.2) is 15.7 Å². The second-order valence-corrected chi connectivity index (χ2v) is 6.22. The van der Waals surface area contributed by atoms with Crippen molar-refractivity contribution in [1.29, 1.82) is 0 Å². The molecule has 1 aromatic rings. The van der Waals surface area contributed by atoms with Gasteiger partial charge in [0.25, 0.3) is 0 Å². The smallest absolute Gasteiger partial charge is 0.184 e. The van der Waals surface area contributed by atoms with Crippen LogP contribution >= 0.6 is 11.5 Å². The zero-order valence-corrected chi connectivity index (χ0v) is 10.8. The molecule has 0 saturated heterocycles. The van der Waals surface area contributed by atoms with Crippen LogP contribution in [0.15, 0.2) is 4.90 Å². The predicted octanol–water partition coefficient (Wildman–Crippen LogP) is -0.0526. The van der Waals surface area contributed by atoms with Gasteiger partial charge in [0.05, 0.1) is 12.4 Å². The molecule has 1 heterocycles. The van der Waals surface area contributed by atoms with E-state index in [-0.39, 0.29) is 23.1 Å². The first-order valence-corrected chi connectivity index (χ1v) is 7.16. The van der Waals surface area contributed by atoms with Gasteiger partial charge in [0.2, 0.25) is 0 Å². The minimum absolute atomic E-state index is 0.0183. The maximum atomic E-state index is 11.8. The summed E-state index contributed by atoms with van der Waals surface area (Å²) in [6.45, 7) is 1.84. The second-order valence-electron chi connectivity index (χ2n) is 3.25. The molecule has 6 nitrogen and oxygen atoms in total. The van der Waals surface area contributed by atoms with Gasteiger partial charge in [0.1, 0.15) is 9.90 Å². The average molecular weight is 265 g/mol. The molecule has 0 unspecified atom stereocenters. The van der Waals surface area contributed by atoms with Crippen LogP contribution in [-0.2, 0) is 9.84 Å². The van der Waals surface area contributed by atoms with Crippen LogP contribution in [0.5, 0.6) is 0 Å². The first kappa shape index (κ1) is 13.2. The van der Waals surface area contributed by atoms with Crippen molar-refractivity contribution in [2.75, 3.05) is 36.6 Å². The lowest BCUT2D eigenvalue weighted by molar-refractivity contribution is 0.304. The van der Waals surface area contributed by atoms with E-state index in [1.807, 2.05) is 0 Å². The average Bonchev–Trinajstić information content (AvgIpc) is 2.61. The lowest BCUT2D eigenvalue weighted by atomic mass is 10.5. The molecule has 0 aliphatic rings. The van der Waals surface area contributed by atoms with Crippen LogP contribution in [0.1, 0.15) is 6.92 Å². The third-order valence-corrected chi connectivity index (χ3v) is 5.02. The van der Waals surface area contributed by atoms with Crippen molar-refractivity contribution in [1.82, 2.24) is 4.37 Å². The maximum absolute atomic E-state index is 11.8. The maximum Gasteiger partial charge on any atom is 0.184 e. The molecule has 16 heavy (non-hydrogen) atoms. The highest BCUT2D eigenvalue weighted by atomic mass is 32.2. The van der Waals surface area contributed by atoms with E-state index in [2.05, 4.69) is 4.37 Å². The third-order valence-electron chi connectivity index (χ3n) is 2.13. The standard InChI is InChI=1S/C8H15N3O3S2/c1-3-16(13,14)6-7(9)10-15-8(6)11(2)4-5-12/h12H,3-5H2,1-2H3,(H2,9,10). The van der Waals surface area contributed by atoms with Crippen molar-refractivity contribution in [3.05, 3.63) is 0 Å². The summed E-state index contributed by atoms with van der Waals surface area (Å²) in [7, 11) is -1.69. The molecule has 0 atom stereocenters. The predicted molar refractivity (Wildman–Crippen MR) is 64.6 cm³/mol. The van der Waals surface area contributed by atoms with Crippen LogP contribution in [0.3, 0.4) is 0 Å². The van der Waals surface area contributed by atoms with Crippen molar-refractivity contribution in [3.63, 3.8) is 0 Å². The topological polar surface area (TPSA) is 96.5 Å². The molecular weight excluding hydrogens is 250 g/mol. The number of nitrogens with zero attached hydrogens (tertiary/aromatic N) is 2. The highest BCUT2D eigenvalue weighted by molar-refractivity contribution is 7.91. The van der Waals surface area contributed by atoms with Gasteiger partial charge >= 0.3 is 0 Å². The molecule has 0 aliphatic heterocycles. The van der Waals surface area contributed by atoms with E-state index in [1.54, 1.807) is 18.9 Å².